The number of rotatable bonds is 2. The molecule has 0 saturated heterocycles. The van der Waals surface area contributed by atoms with Crippen LogP contribution in [-0.2, 0) is 4.79 Å². The van der Waals surface area contributed by atoms with Crippen molar-refractivity contribution in [3.63, 3.8) is 0 Å². The third-order valence-corrected chi connectivity index (χ3v) is 3.18. The molecule has 0 aliphatic carbocycles. The first-order chi connectivity index (χ1) is 7.22. The molecule has 2 N–H and O–H groups in total. The van der Waals surface area contributed by atoms with Gasteiger partial charge in [-0.15, -0.1) is 11.8 Å². The van der Waals surface area contributed by atoms with Gasteiger partial charge in [0.05, 0.1) is 5.56 Å². The summed E-state index contributed by atoms with van der Waals surface area (Å²) in [5, 5.41) is 19.5. The Balaban J connectivity index is 2.39. The molecular formula is C10H9NO3S. The van der Waals surface area contributed by atoms with Gasteiger partial charge in [0.2, 0.25) is 0 Å². The van der Waals surface area contributed by atoms with Crippen molar-refractivity contribution in [2.75, 3.05) is 5.75 Å². The number of hydrogen-bond donors (Lipinski definition) is 2. The van der Waals surface area contributed by atoms with E-state index in [0.717, 1.165) is 6.29 Å². The van der Waals surface area contributed by atoms with Crippen molar-refractivity contribution in [2.45, 2.75) is 6.04 Å². The number of aliphatic imine (C=N–C) groups is 1. The van der Waals surface area contributed by atoms with Crippen molar-refractivity contribution in [1.82, 2.24) is 0 Å². The van der Waals surface area contributed by atoms with Crippen LogP contribution < -0.4 is 0 Å². The predicted molar refractivity (Wildman–Crippen MR) is 58.6 cm³/mol. The first kappa shape index (κ1) is 10.0. The van der Waals surface area contributed by atoms with Gasteiger partial charge >= 0.3 is 0 Å². The zero-order chi connectivity index (χ0) is 10.8. The SMILES string of the molecule is O=CC1CSC(c2cccc(O)c2O)=N1. The van der Waals surface area contributed by atoms with E-state index in [1.165, 1.54) is 17.8 Å². The molecule has 0 bridgehead atoms. The molecule has 1 unspecified atom stereocenters. The smallest absolute Gasteiger partial charge is 0.167 e. The van der Waals surface area contributed by atoms with E-state index in [1.807, 2.05) is 0 Å². The van der Waals surface area contributed by atoms with E-state index >= 15 is 0 Å². The molecule has 0 spiro atoms. The molecular weight excluding hydrogens is 214 g/mol. The summed E-state index contributed by atoms with van der Waals surface area (Å²) in [4.78, 5) is 14.6. The van der Waals surface area contributed by atoms with Gasteiger partial charge in [-0.2, -0.15) is 0 Å². The fourth-order valence-electron chi connectivity index (χ4n) is 1.31. The molecule has 0 amide bonds. The van der Waals surface area contributed by atoms with Crippen LogP contribution in [0.1, 0.15) is 5.56 Å². The van der Waals surface area contributed by atoms with Gasteiger partial charge in [0, 0.05) is 5.75 Å². The molecule has 0 fully saturated rings. The van der Waals surface area contributed by atoms with Crippen molar-refractivity contribution in [3.05, 3.63) is 23.8 Å². The van der Waals surface area contributed by atoms with Crippen LogP contribution >= 0.6 is 11.8 Å². The summed E-state index contributed by atoms with van der Waals surface area (Å²) in [6.45, 7) is 0. The fourth-order valence-corrected chi connectivity index (χ4v) is 2.32. The summed E-state index contributed by atoms with van der Waals surface area (Å²) in [6, 6.07) is 4.35. The molecule has 1 aromatic carbocycles. The lowest BCUT2D eigenvalue weighted by Gasteiger charge is -2.04. The number of phenolic OH excluding ortho intramolecular Hbond substituents is 2. The zero-order valence-electron chi connectivity index (χ0n) is 7.75. The molecule has 0 radical (unpaired) electrons. The minimum atomic E-state index is -0.341. The molecule has 1 aromatic rings. The van der Waals surface area contributed by atoms with E-state index in [0.29, 0.717) is 16.4 Å². The van der Waals surface area contributed by atoms with Crippen LogP contribution in [-0.4, -0.2) is 33.3 Å². The van der Waals surface area contributed by atoms with Crippen LogP contribution in [0, 0.1) is 0 Å². The van der Waals surface area contributed by atoms with Crippen molar-refractivity contribution in [1.29, 1.82) is 0 Å². The molecule has 15 heavy (non-hydrogen) atoms. The summed E-state index contributed by atoms with van der Waals surface area (Å²) >= 11 is 1.40. The van der Waals surface area contributed by atoms with E-state index in [1.54, 1.807) is 12.1 Å². The summed E-state index contributed by atoms with van der Waals surface area (Å²) in [6.07, 6.45) is 0.778. The summed E-state index contributed by atoms with van der Waals surface area (Å²) < 4.78 is 0. The second-order valence-corrected chi connectivity index (χ2v) is 4.13. The largest absolute Gasteiger partial charge is 0.504 e. The minimum absolute atomic E-state index is 0.176. The maximum absolute atomic E-state index is 10.5. The lowest BCUT2D eigenvalue weighted by atomic mass is 10.2. The molecule has 1 aliphatic heterocycles. The molecule has 1 atom stereocenters. The third kappa shape index (κ3) is 1.83. The highest BCUT2D eigenvalue weighted by atomic mass is 32.2. The number of nitrogens with zero attached hydrogens (tertiary/aromatic N) is 1. The summed E-state index contributed by atoms with van der Waals surface area (Å²) in [5.41, 5.74) is 0.476. The number of hydrogen-bond acceptors (Lipinski definition) is 5. The Morgan fingerprint density at radius 2 is 2.27 bits per heavy atom. The Bertz CT molecular complexity index is 431. The first-order valence-electron chi connectivity index (χ1n) is 4.39. The van der Waals surface area contributed by atoms with E-state index in [9.17, 15) is 15.0 Å². The van der Waals surface area contributed by atoms with E-state index < -0.39 is 0 Å². The molecule has 0 aromatic heterocycles. The van der Waals surface area contributed by atoms with E-state index in [4.69, 9.17) is 0 Å². The van der Waals surface area contributed by atoms with Gasteiger partial charge in [-0.3, -0.25) is 4.99 Å². The summed E-state index contributed by atoms with van der Waals surface area (Å²) in [5.74, 6) is 0.231. The number of carbonyl (C=O) groups excluding carboxylic acids is 1. The van der Waals surface area contributed by atoms with Gasteiger partial charge in [0.1, 0.15) is 17.4 Å². The first-order valence-corrected chi connectivity index (χ1v) is 5.38. The van der Waals surface area contributed by atoms with Crippen LogP contribution in [0.3, 0.4) is 0 Å². The molecule has 0 saturated carbocycles. The van der Waals surface area contributed by atoms with Crippen molar-refractivity contribution in [2.24, 2.45) is 4.99 Å². The summed E-state index contributed by atoms with van der Waals surface area (Å²) in [7, 11) is 0. The fraction of sp³-hybridized carbons (Fsp3) is 0.200. The van der Waals surface area contributed by atoms with Crippen LogP contribution in [0.25, 0.3) is 0 Å². The second-order valence-electron chi connectivity index (χ2n) is 3.12. The zero-order valence-corrected chi connectivity index (χ0v) is 8.57. The van der Waals surface area contributed by atoms with Crippen molar-refractivity contribution in [3.8, 4) is 11.5 Å². The Morgan fingerprint density at radius 1 is 1.47 bits per heavy atom. The Labute approximate surface area is 90.7 Å². The molecule has 1 aliphatic rings. The van der Waals surface area contributed by atoms with Crippen molar-refractivity contribution < 1.29 is 15.0 Å². The second kappa shape index (κ2) is 3.94. The molecule has 2 rings (SSSR count). The average Bonchev–Trinajstić information content (AvgIpc) is 2.70. The number of aldehydes is 1. The normalized spacial score (nSPS) is 20.0. The quantitative estimate of drug-likeness (QED) is 0.583. The highest BCUT2D eigenvalue weighted by molar-refractivity contribution is 8.14. The number of carbonyl (C=O) groups is 1. The van der Waals surface area contributed by atoms with Gasteiger partial charge in [-0.05, 0) is 12.1 Å². The number of benzene rings is 1. The highest BCUT2D eigenvalue weighted by Crippen LogP contribution is 2.33. The van der Waals surface area contributed by atoms with Gasteiger partial charge in [0.25, 0.3) is 0 Å². The van der Waals surface area contributed by atoms with E-state index in [2.05, 4.69) is 4.99 Å². The van der Waals surface area contributed by atoms with Crippen molar-refractivity contribution >= 4 is 23.1 Å². The number of para-hydroxylation sites is 1. The third-order valence-electron chi connectivity index (χ3n) is 2.08. The minimum Gasteiger partial charge on any atom is -0.504 e. The van der Waals surface area contributed by atoms with Gasteiger partial charge < -0.3 is 15.0 Å². The van der Waals surface area contributed by atoms with E-state index in [-0.39, 0.29) is 17.5 Å². The Hall–Kier alpha value is -1.49. The Kier molecular flexibility index (Phi) is 2.64. The lowest BCUT2D eigenvalue weighted by Crippen LogP contribution is -2.03. The van der Waals surface area contributed by atoms with Gasteiger partial charge in [-0.1, -0.05) is 6.07 Å². The van der Waals surface area contributed by atoms with Crippen LogP contribution in [0.5, 0.6) is 11.5 Å². The highest BCUT2D eigenvalue weighted by Gasteiger charge is 2.21. The molecule has 5 heteroatoms. The van der Waals surface area contributed by atoms with Crippen LogP contribution in [0.2, 0.25) is 0 Å². The average molecular weight is 223 g/mol. The van der Waals surface area contributed by atoms with Crippen LogP contribution in [0.15, 0.2) is 23.2 Å². The topological polar surface area (TPSA) is 69.9 Å². The monoisotopic (exact) mass is 223 g/mol. The van der Waals surface area contributed by atoms with Crippen LogP contribution in [0.4, 0.5) is 0 Å². The Morgan fingerprint density at radius 3 is 2.93 bits per heavy atom. The standard InChI is InChI=1S/C10H9NO3S/c12-4-6-5-15-10(11-6)7-2-1-3-8(13)9(7)14/h1-4,6,13-14H,5H2. The predicted octanol–water partition coefficient (Wildman–Crippen LogP) is 1.16. The molecule has 4 nitrogen and oxygen atoms in total. The van der Waals surface area contributed by atoms with Gasteiger partial charge in [0.15, 0.2) is 11.5 Å². The van der Waals surface area contributed by atoms with Gasteiger partial charge in [-0.25, -0.2) is 0 Å². The maximum Gasteiger partial charge on any atom is 0.167 e. The maximum atomic E-state index is 10.5. The molecule has 78 valence electrons. The number of aromatic hydroxyl groups is 2. The number of phenols is 2. The number of thioether (sulfide) groups is 1. The lowest BCUT2D eigenvalue weighted by molar-refractivity contribution is -0.108. The molecule has 1 heterocycles.